The van der Waals surface area contributed by atoms with Crippen molar-refractivity contribution in [2.24, 2.45) is 0 Å². The largest absolute Gasteiger partial charge is 0.494 e. The molecule has 1 N–H and O–H groups in total. The van der Waals surface area contributed by atoms with E-state index in [1.165, 1.54) is 31.4 Å². The Morgan fingerprint density at radius 2 is 1.53 bits per heavy atom. The average molecular weight is 483 g/mol. The molecule has 3 aromatic carbocycles. The zero-order valence-electron chi connectivity index (χ0n) is 19.1. The van der Waals surface area contributed by atoms with Gasteiger partial charge in [-0.1, -0.05) is 17.7 Å². The second kappa shape index (κ2) is 10.8. The summed E-state index contributed by atoms with van der Waals surface area (Å²) in [5, 5.41) is 2.67. The van der Waals surface area contributed by atoms with Crippen LogP contribution >= 0.6 is 0 Å². The Hall–Kier alpha value is -3.85. The van der Waals surface area contributed by atoms with Gasteiger partial charge in [0.05, 0.1) is 29.9 Å². The van der Waals surface area contributed by atoms with Gasteiger partial charge < -0.3 is 14.8 Å². The van der Waals surface area contributed by atoms with E-state index in [2.05, 4.69) is 10.1 Å². The van der Waals surface area contributed by atoms with Gasteiger partial charge in [0.25, 0.3) is 10.0 Å². The van der Waals surface area contributed by atoms with E-state index >= 15 is 0 Å². The average Bonchev–Trinajstić information content (AvgIpc) is 2.83. The van der Waals surface area contributed by atoms with Gasteiger partial charge in [-0.25, -0.2) is 13.2 Å². The number of rotatable bonds is 9. The molecule has 0 radical (unpaired) electrons. The molecule has 0 aliphatic heterocycles. The van der Waals surface area contributed by atoms with Gasteiger partial charge in [0.2, 0.25) is 5.91 Å². The van der Waals surface area contributed by atoms with Gasteiger partial charge in [-0.2, -0.15) is 0 Å². The Bertz CT molecular complexity index is 1240. The summed E-state index contributed by atoms with van der Waals surface area (Å²) < 4.78 is 38.1. The molecule has 0 spiro atoms. The molecular weight excluding hydrogens is 456 g/mol. The van der Waals surface area contributed by atoms with Gasteiger partial charge in [0, 0.05) is 5.69 Å². The molecule has 3 aromatic rings. The van der Waals surface area contributed by atoms with Crippen LogP contribution in [0.4, 0.5) is 11.4 Å². The smallest absolute Gasteiger partial charge is 0.337 e. The molecule has 178 valence electrons. The molecule has 0 aliphatic carbocycles. The number of methoxy groups -OCH3 is 1. The van der Waals surface area contributed by atoms with E-state index in [0.29, 0.717) is 29.3 Å². The van der Waals surface area contributed by atoms with Crippen LogP contribution in [0.3, 0.4) is 0 Å². The molecule has 1 amide bonds. The van der Waals surface area contributed by atoms with Gasteiger partial charge in [-0.15, -0.1) is 0 Å². The van der Waals surface area contributed by atoms with Crippen molar-refractivity contribution >= 4 is 33.3 Å². The van der Waals surface area contributed by atoms with Crippen molar-refractivity contribution in [2.45, 2.75) is 18.7 Å². The predicted octanol–water partition coefficient (Wildman–Crippen LogP) is 4.01. The third-order valence-electron chi connectivity index (χ3n) is 4.92. The van der Waals surface area contributed by atoms with Gasteiger partial charge in [-0.05, 0) is 74.5 Å². The van der Waals surface area contributed by atoms with Crippen molar-refractivity contribution in [3.8, 4) is 5.75 Å². The molecule has 34 heavy (non-hydrogen) atoms. The first-order valence-corrected chi connectivity index (χ1v) is 12.0. The topological polar surface area (TPSA) is 102 Å². The van der Waals surface area contributed by atoms with Crippen molar-refractivity contribution in [2.75, 3.05) is 29.9 Å². The number of nitrogens with one attached hydrogen (secondary N) is 1. The number of benzene rings is 3. The molecule has 3 rings (SSSR count). The number of hydrogen-bond donors (Lipinski definition) is 1. The Balaban J connectivity index is 1.86. The second-order valence-corrected chi connectivity index (χ2v) is 9.23. The molecule has 0 aliphatic rings. The summed E-state index contributed by atoms with van der Waals surface area (Å²) in [6.07, 6.45) is 0. The number of carbonyl (C=O) groups excluding carboxylic acids is 2. The highest BCUT2D eigenvalue weighted by atomic mass is 32.2. The van der Waals surface area contributed by atoms with E-state index in [0.717, 1.165) is 9.87 Å². The van der Waals surface area contributed by atoms with Crippen LogP contribution in [0, 0.1) is 6.92 Å². The summed E-state index contributed by atoms with van der Waals surface area (Å²) in [7, 11) is -2.77. The summed E-state index contributed by atoms with van der Waals surface area (Å²) in [5.41, 5.74) is 2.06. The molecule has 0 saturated carbocycles. The maximum atomic E-state index is 13.5. The number of amides is 1. The Morgan fingerprint density at radius 1 is 0.912 bits per heavy atom. The standard InChI is InChI=1S/C25H26N2O6S/c1-4-33-22-13-15-23(16-14-22)34(30,31)27(21-11-5-18(2)6-12-21)17-24(28)26-20-9-7-19(8-10-20)25(29)32-3/h5-16H,4,17H2,1-3H3,(H,26,28). The molecule has 0 unspecified atom stereocenters. The van der Waals surface area contributed by atoms with E-state index in [4.69, 9.17) is 4.74 Å². The van der Waals surface area contributed by atoms with Gasteiger partial charge in [-0.3, -0.25) is 9.10 Å². The first-order valence-electron chi connectivity index (χ1n) is 10.5. The maximum Gasteiger partial charge on any atom is 0.337 e. The highest BCUT2D eigenvalue weighted by Crippen LogP contribution is 2.26. The summed E-state index contributed by atoms with van der Waals surface area (Å²) >= 11 is 0. The molecule has 8 nitrogen and oxygen atoms in total. The fraction of sp³-hybridized carbons (Fsp3) is 0.200. The normalized spacial score (nSPS) is 10.9. The quantitative estimate of drug-likeness (QED) is 0.462. The third-order valence-corrected chi connectivity index (χ3v) is 6.71. The lowest BCUT2D eigenvalue weighted by molar-refractivity contribution is -0.114. The van der Waals surface area contributed by atoms with Crippen LogP contribution in [-0.4, -0.2) is 40.6 Å². The zero-order valence-corrected chi connectivity index (χ0v) is 20.0. The number of nitrogens with zero attached hydrogens (tertiary/aromatic N) is 1. The molecular formula is C25H26N2O6S. The molecule has 9 heteroatoms. The molecule has 0 saturated heterocycles. The first-order chi connectivity index (χ1) is 16.2. The number of aryl methyl sites for hydroxylation is 1. The van der Waals surface area contributed by atoms with Crippen molar-refractivity contribution in [3.05, 3.63) is 83.9 Å². The van der Waals surface area contributed by atoms with E-state index < -0.39 is 28.4 Å². The summed E-state index contributed by atoms with van der Waals surface area (Å²) in [6.45, 7) is 3.74. The minimum atomic E-state index is -4.05. The third kappa shape index (κ3) is 5.93. The van der Waals surface area contributed by atoms with Crippen molar-refractivity contribution in [1.29, 1.82) is 0 Å². The number of carbonyl (C=O) groups is 2. The maximum absolute atomic E-state index is 13.5. The summed E-state index contributed by atoms with van der Waals surface area (Å²) in [5.74, 6) is -0.484. The number of esters is 1. The molecule has 0 heterocycles. The van der Waals surface area contributed by atoms with E-state index in [1.807, 2.05) is 13.8 Å². The molecule has 0 aromatic heterocycles. The fourth-order valence-corrected chi connectivity index (χ4v) is 4.59. The van der Waals surface area contributed by atoms with Gasteiger partial charge in [0.15, 0.2) is 0 Å². The molecule has 0 atom stereocenters. The fourth-order valence-electron chi connectivity index (χ4n) is 3.17. The number of ether oxygens (including phenoxy) is 2. The lowest BCUT2D eigenvalue weighted by Gasteiger charge is -2.24. The van der Waals surface area contributed by atoms with Crippen molar-refractivity contribution < 1.29 is 27.5 Å². The van der Waals surface area contributed by atoms with Crippen molar-refractivity contribution in [3.63, 3.8) is 0 Å². The SMILES string of the molecule is CCOc1ccc(S(=O)(=O)N(CC(=O)Nc2ccc(C(=O)OC)cc2)c2ccc(C)cc2)cc1. The minimum absolute atomic E-state index is 0.0340. The Kier molecular flexibility index (Phi) is 7.91. The molecule has 0 bridgehead atoms. The first kappa shape index (κ1) is 24.8. The van der Waals surface area contributed by atoms with Crippen LogP contribution in [0.25, 0.3) is 0 Å². The lowest BCUT2D eigenvalue weighted by atomic mass is 10.2. The van der Waals surface area contributed by atoms with E-state index in [-0.39, 0.29) is 4.90 Å². The summed E-state index contributed by atoms with van der Waals surface area (Å²) in [6, 6.07) is 19.0. The second-order valence-electron chi connectivity index (χ2n) is 7.37. The van der Waals surface area contributed by atoms with E-state index in [1.54, 1.807) is 48.5 Å². The number of sulfonamides is 1. The predicted molar refractivity (Wildman–Crippen MR) is 130 cm³/mol. The monoisotopic (exact) mass is 482 g/mol. The Labute approximate surface area is 199 Å². The highest BCUT2D eigenvalue weighted by Gasteiger charge is 2.27. The minimum Gasteiger partial charge on any atom is -0.494 e. The summed E-state index contributed by atoms with van der Waals surface area (Å²) in [4.78, 5) is 24.4. The number of hydrogen-bond acceptors (Lipinski definition) is 6. The van der Waals surface area contributed by atoms with Crippen LogP contribution in [0.1, 0.15) is 22.8 Å². The van der Waals surface area contributed by atoms with Gasteiger partial charge in [0.1, 0.15) is 12.3 Å². The molecule has 0 fully saturated rings. The van der Waals surface area contributed by atoms with E-state index in [9.17, 15) is 18.0 Å². The van der Waals surface area contributed by atoms with Crippen LogP contribution in [-0.2, 0) is 19.6 Å². The zero-order chi connectivity index (χ0) is 24.7. The van der Waals surface area contributed by atoms with Gasteiger partial charge >= 0.3 is 5.97 Å². The lowest BCUT2D eigenvalue weighted by Crippen LogP contribution is -2.38. The van der Waals surface area contributed by atoms with Crippen LogP contribution in [0.15, 0.2) is 77.7 Å². The van der Waals surface area contributed by atoms with Crippen LogP contribution in [0.5, 0.6) is 5.75 Å². The Morgan fingerprint density at radius 3 is 2.09 bits per heavy atom. The van der Waals surface area contributed by atoms with Crippen LogP contribution in [0.2, 0.25) is 0 Å². The van der Waals surface area contributed by atoms with Crippen molar-refractivity contribution in [1.82, 2.24) is 0 Å². The van der Waals surface area contributed by atoms with Crippen LogP contribution < -0.4 is 14.4 Å². The highest BCUT2D eigenvalue weighted by molar-refractivity contribution is 7.92. The number of anilines is 2.